The number of carbonyl (C=O) groups excluding carboxylic acids is 1. The molecule has 118 valence electrons. The van der Waals surface area contributed by atoms with Crippen molar-refractivity contribution in [2.75, 3.05) is 0 Å². The van der Waals surface area contributed by atoms with E-state index < -0.39 is 0 Å². The Morgan fingerprint density at radius 2 is 2.22 bits per heavy atom. The van der Waals surface area contributed by atoms with Gasteiger partial charge in [0.2, 0.25) is 5.82 Å². The van der Waals surface area contributed by atoms with E-state index in [4.69, 9.17) is 0 Å². The van der Waals surface area contributed by atoms with Crippen molar-refractivity contribution in [3.05, 3.63) is 40.5 Å². The zero-order valence-corrected chi connectivity index (χ0v) is 13.9. The Labute approximate surface area is 137 Å². The molecule has 0 aromatic carbocycles. The van der Waals surface area contributed by atoms with E-state index in [0.717, 1.165) is 21.8 Å². The number of nitrogens with zero attached hydrogens (tertiary/aromatic N) is 5. The molecule has 0 radical (unpaired) electrons. The maximum absolute atomic E-state index is 12.6. The average molecular weight is 327 g/mol. The van der Waals surface area contributed by atoms with E-state index in [1.54, 1.807) is 11.3 Å². The fourth-order valence-corrected chi connectivity index (χ4v) is 3.63. The summed E-state index contributed by atoms with van der Waals surface area (Å²) in [5, 5.41) is 14.3. The second-order valence-electron chi connectivity index (χ2n) is 5.93. The Morgan fingerprint density at radius 3 is 2.91 bits per heavy atom. The molecule has 1 saturated carbocycles. The third-order valence-electron chi connectivity index (χ3n) is 4.18. The van der Waals surface area contributed by atoms with Crippen LogP contribution in [0.25, 0.3) is 10.7 Å². The molecule has 3 heterocycles. The first kappa shape index (κ1) is 14.3. The second-order valence-corrected chi connectivity index (χ2v) is 6.88. The van der Waals surface area contributed by atoms with Gasteiger partial charge in [-0.1, -0.05) is 6.07 Å². The Balaban J connectivity index is 1.55. The SMILES string of the molecule is Cc1cc(C(=O)Cn2nnc(-c3cccs3)n2)c(C)n1C1CC1. The maximum atomic E-state index is 12.6. The summed E-state index contributed by atoms with van der Waals surface area (Å²) in [6.45, 7) is 4.20. The van der Waals surface area contributed by atoms with Crippen LogP contribution >= 0.6 is 11.3 Å². The summed E-state index contributed by atoms with van der Waals surface area (Å²) in [6.07, 6.45) is 2.41. The fraction of sp³-hybridized carbons (Fsp3) is 0.375. The van der Waals surface area contributed by atoms with Crippen molar-refractivity contribution in [3.63, 3.8) is 0 Å². The molecule has 0 spiro atoms. The zero-order valence-electron chi connectivity index (χ0n) is 13.1. The van der Waals surface area contributed by atoms with Crippen LogP contribution in [0.5, 0.6) is 0 Å². The van der Waals surface area contributed by atoms with Crippen LogP contribution in [0, 0.1) is 13.8 Å². The Kier molecular flexibility index (Phi) is 3.37. The summed E-state index contributed by atoms with van der Waals surface area (Å²) < 4.78 is 2.28. The molecule has 0 amide bonds. The first-order chi connectivity index (χ1) is 11.1. The predicted octanol–water partition coefficient (Wildman–Crippen LogP) is 3.04. The van der Waals surface area contributed by atoms with Crippen LogP contribution in [0.3, 0.4) is 0 Å². The lowest BCUT2D eigenvalue weighted by Crippen LogP contribution is -2.14. The van der Waals surface area contributed by atoms with E-state index in [9.17, 15) is 4.79 Å². The second kappa shape index (κ2) is 5.42. The first-order valence-electron chi connectivity index (χ1n) is 7.67. The van der Waals surface area contributed by atoms with Crippen molar-refractivity contribution in [1.29, 1.82) is 0 Å². The molecule has 4 rings (SSSR count). The summed E-state index contributed by atoms with van der Waals surface area (Å²) in [7, 11) is 0. The van der Waals surface area contributed by atoms with Crippen LogP contribution in [-0.2, 0) is 6.54 Å². The molecule has 6 nitrogen and oxygen atoms in total. The number of thiophene rings is 1. The smallest absolute Gasteiger partial charge is 0.214 e. The summed E-state index contributed by atoms with van der Waals surface area (Å²) in [4.78, 5) is 14.9. The summed E-state index contributed by atoms with van der Waals surface area (Å²) in [6, 6.07) is 6.44. The minimum Gasteiger partial charge on any atom is -0.345 e. The highest BCUT2D eigenvalue weighted by atomic mass is 32.1. The number of Topliss-reactive ketones (excluding diaryl/α,β-unsaturated/α-hetero) is 1. The van der Waals surface area contributed by atoms with Gasteiger partial charge in [0, 0.05) is 23.0 Å². The van der Waals surface area contributed by atoms with Crippen molar-refractivity contribution in [1.82, 2.24) is 24.8 Å². The highest BCUT2D eigenvalue weighted by Crippen LogP contribution is 2.38. The van der Waals surface area contributed by atoms with Crippen molar-refractivity contribution < 1.29 is 4.79 Å². The standard InChI is InChI=1S/C16H17N5OS/c1-10-8-13(11(2)21(10)12-5-6-12)14(22)9-20-18-16(17-19-20)15-4-3-7-23-15/h3-4,7-8,12H,5-6,9H2,1-2H3. The summed E-state index contributed by atoms with van der Waals surface area (Å²) in [5.74, 6) is 0.594. The van der Waals surface area contributed by atoms with Crippen molar-refractivity contribution >= 4 is 17.1 Å². The van der Waals surface area contributed by atoms with Crippen molar-refractivity contribution in [2.24, 2.45) is 0 Å². The molecule has 0 aliphatic heterocycles. The topological polar surface area (TPSA) is 65.6 Å². The van der Waals surface area contributed by atoms with Gasteiger partial charge in [0.1, 0.15) is 6.54 Å². The van der Waals surface area contributed by atoms with Crippen LogP contribution in [0.4, 0.5) is 0 Å². The van der Waals surface area contributed by atoms with Gasteiger partial charge in [-0.2, -0.15) is 4.80 Å². The predicted molar refractivity (Wildman–Crippen MR) is 87.6 cm³/mol. The lowest BCUT2D eigenvalue weighted by atomic mass is 10.1. The van der Waals surface area contributed by atoms with Crippen LogP contribution in [0.15, 0.2) is 23.6 Å². The number of hydrogen-bond acceptors (Lipinski definition) is 5. The van der Waals surface area contributed by atoms with E-state index in [1.165, 1.54) is 17.6 Å². The van der Waals surface area contributed by atoms with E-state index in [-0.39, 0.29) is 12.3 Å². The molecule has 0 bridgehead atoms. The minimum absolute atomic E-state index is 0.0279. The van der Waals surface area contributed by atoms with E-state index in [1.807, 2.05) is 30.5 Å². The molecule has 3 aromatic heterocycles. The minimum atomic E-state index is 0.0279. The number of tetrazole rings is 1. The van der Waals surface area contributed by atoms with E-state index >= 15 is 0 Å². The molecular weight excluding hydrogens is 310 g/mol. The molecule has 0 unspecified atom stereocenters. The number of carbonyl (C=O) groups is 1. The van der Waals surface area contributed by atoms with Gasteiger partial charge in [-0.15, -0.1) is 21.5 Å². The molecule has 1 fully saturated rings. The maximum Gasteiger partial charge on any atom is 0.214 e. The van der Waals surface area contributed by atoms with Gasteiger partial charge in [-0.3, -0.25) is 4.79 Å². The quantitative estimate of drug-likeness (QED) is 0.676. The monoisotopic (exact) mass is 327 g/mol. The molecule has 1 aliphatic carbocycles. The highest BCUT2D eigenvalue weighted by molar-refractivity contribution is 7.13. The van der Waals surface area contributed by atoms with Crippen molar-refractivity contribution in [3.8, 4) is 10.7 Å². The number of aryl methyl sites for hydroxylation is 1. The number of ketones is 1. The van der Waals surface area contributed by atoms with Crippen LogP contribution in [0.1, 0.15) is 40.6 Å². The molecule has 0 N–H and O–H groups in total. The van der Waals surface area contributed by atoms with Crippen LogP contribution in [0.2, 0.25) is 0 Å². The van der Waals surface area contributed by atoms with E-state index in [2.05, 4.69) is 26.9 Å². The van der Waals surface area contributed by atoms with Gasteiger partial charge in [0.05, 0.1) is 4.88 Å². The molecule has 1 aliphatic rings. The number of hydrogen-bond donors (Lipinski definition) is 0. The summed E-state index contributed by atoms with van der Waals surface area (Å²) in [5.41, 5.74) is 2.97. The first-order valence-corrected chi connectivity index (χ1v) is 8.55. The van der Waals surface area contributed by atoms with Crippen LogP contribution in [-0.4, -0.2) is 30.6 Å². The van der Waals surface area contributed by atoms with Gasteiger partial charge in [0.15, 0.2) is 5.78 Å². The largest absolute Gasteiger partial charge is 0.345 e. The lowest BCUT2D eigenvalue weighted by molar-refractivity contribution is 0.0960. The number of rotatable bonds is 5. The molecule has 0 saturated heterocycles. The highest BCUT2D eigenvalue weighted by Gasteiger charge is 2.28. The zero-order chi connectivity index (χ0) is 16.0. The fourth-order valence-electron chi connectivity index (χ4n) is 2.98. The molecule has 23 heavy (non-hydrogen) atoms. The van der Waals surface area contributed by atoms with Gasteiger partial charge < -0.3 is 4.57 Å². The molecule has 0 atom stereocenters. The Morgan fingerprint density at radius 1 is 1.39 bits per heavy atom. The van der Waals surface area contributed by atoms with E-state index in [0.29, 0.717) is 11.9 Å². The van der Waals surface area contributed by atoms with Gasteiger partial charge in [-0.05, 0) is 49.4 Å². The molecular formula is C16H17N5OS. The van der Waals surface area contributed by atoms with Gasteiger partial charge in [0.25, 0.3) is 0 Å². The van der Waals surface area contributed by atoms with Gasteiger partial charge >= 0.3 is 0 Å². The third-order valence-corrected chi connectivity index (χ3v) is 5.04. The lowest BCUT2D eigenvalue weighted by Gasteiger charge is -2.07. The number of aromatic nitrogens is 5. The molecule has 3 aromatic rings. The molecule has 7 heteroatoms. The Hall–Kier alpha value is -2.28. The van der Waals surface area contributed by atoms with Gasteiger partial charge in [-0.25, -0.2) is 0 Å². The average Bonchev–Trinajstić information content (AvgIpc) is 2.94. The normalized spacial score (nSPS) is 14.3. The third kappa shape index (κ3) is 2.61. The summed E-state index contributed by atoms with van der Waals surface area (Å²) >= 11 is 1.56. The Bertz CT molecular complexity index is 857. The van der Waals surface area contributed by atoms with Crippen LogP contribution < -0.4 is 0 Å². The van der Waals surface area contributed by atoms with Crippen molar-refractivity contribution in [2.45, 2.75) is 39.3 Å².